The van der Waals surface area contributed by atoms with Gasteiger partial charge in [-0.3, -0.25) is 0 Å². The molecule has 0 nitrogen and oxygen atoms in total. The Morgan fingerprint density at radius 1 is 0.643 bits per heavy atom. The van der Waals surface area contributed by atoms with Crippen LogP contribution in [-0.4, -0.2) is 0 Å². The molecule has 2 saturated carbocycles. The molecule has 4 atom stereocenters. The SMILES string of the molecule is C=C1[C@H]2C=C[C@@H]3C(=C)[C@@H]4C=C[C@@H]1C4C23. The average molecular weight is 182 g/mol. The molecule has 4 aliphatic rings. The first-order chi connectivity index (χ1) is 6.79. The smallest absolute Gasteiger partial charge is 0.00206 e. The summed E-state index contributed by atoms with van der Waals surface area (Å²) in [6.07, 6.45) is 9.52. The van der Waals surface area contributed by atoms with Crippen LogP contribution in [0.25, 0.3) is 0 Å². The largest absolute Gasteiger partial charge is 0.0986 e. The van der Waals surface area contributed by atoms with Crippen molar-refractivity contribution in [2.24, 2.45) is 35.5 Å². The van der Waals surface area contributed by atoms with Gasteiger partial charge in [0, 0.05) is 23.7 Å². The van der Waals surface area contributed by atoms with Crippen LogP contribution < -0.4 is 0 Å². The first-order valence-corrected chi connectivity index (χ1v) is 5.53. The molecule has 14 heavy (non-hydrogen) atoms. The van der Waals surface area contributed by atoms with E-state index in [0.717, 1.165) is 11.8 Å². The van der Waals surface area contributed by atoms with Crippen molar-refractivity contribution < 1.29 is 0 Å². The standard InChI is InChI=1S/C14H14/c1-7-9-3-5-11-8(2)12-6-4-10(7)14(12)13(9)11/h3-6,9-14H,1-2H2/t9-,10+,11-,12+,13?,14?. The number of hydrogen-bond acceptors (Lipinski definition) is 0. The third-order valence-electron chi connectivity index (χ3n) is 4.87. The topological polar surface area (TPSA) is 0 Å². The van der Waals surface area contributed by atoms with Crippen LogP contribution in [-0.2, 0) is 0 Å². The van der Waals surface area contributed by atoms with Gasteiger partial charge < -0.3 is 0 Å². The Bertz CT molecular complexity index is 338. The fourth-order valence-corrected chi connectivity index (χ4v) is 4.32. The van der Waals surface area contributed by atoms with E-state index in [9.17, 15) is 0 Å². The molecule has 0 unspecified atom stereocenters. The molecule has 0 heteroatoms. The van der Waals surface area contributed by atoms with Crippen molar-refractivity contribution >= 4 is 0 Å². The van der Waals surface area contributed by atoms with Crippen LogP contribution >= 0.6 is 0 Å². The van der Waals surface area contributed by atoms with Crippen molar-refractivity contribution in [2.45, 2.75) is 0 Å². The summed E-state index contributed by atoms with van der Waals surface area (Å²) in [4.78, 5) is 0. The maximum atomic E-state index is 4.29. The molecule has 70 valence electrons. The van der Waals surface area contributed by atoms with Crippen LogP contribution in [0.2, 0.25) is 0 Å². The Morgan fingerprint density at radius 2 is 0.929 bits per heavy atom. The van der Waals surface area contributed by atoms with Gasteiger partial charge in [0.15, 0.2) is 0 Å². The molecule has 4 aliphatic carbocycles. The van der Waals surface area contributed by atoms with Crippen molar-refractivity contribution in [3.05, 3.63) is 48.6 Å². The Kier molecular flexibility index (Phi) is 1.03. The van der Waals surface area contributed by atoms with E-state index in [1.165, 1.54) is 11.1 Å². The first kappa shape index (κ1) is 7.28. The number of hydrogen-bond donors (Lipinski definition) is 0. The van der Waals surface area contributed by atoms with E-state index in [1.807, 2.05) is 0 Å². The molecule has 2 fully saturated rings. The van der Waals surface area contributed by atoms with E-state index in [1.54, 1.807) is 0 Å². The predicted molar refractivity (Wildman–Crippen MR) is 57.5 cm³/mol. The van der Waals surface area contributed by atoms with Gasteiger partial charge in [0.25, 0.3) is 0 Å². The Morgan fingerprint density at radius 3 is 1.21 bits per heavy atom. The molecule has 0 aromatic heterocycles. The molecule has 0 heterocycles. The van der Waals surface area contributed by atoms with E-state index in [-0.39, 0.29) is 0 Å². The molecule has 0 saturated heterocycles. The van der Waals surface area contributed by atoms with Crippen molar-refractivity contribution in [1.29, 1.82) is 0 Å². The fourth-order valence-electron chi connectivity index (χ4n) is 4.32. The predicted octanol–water partition coefficient (Wildman–Crippen LogP) is 2.96. The summed E-state index contributed by atoms with van der Waals surface area (Å²) in [7, 11) is 0. The van der Waals surface area contributed by atoms with Crippen molar-refractivity contribution in [3.63, 3.8) is 0 Å². The highest BCUT2D eigenvalue weighted by atomic mass is 14.6. The fraction of sp³-hybridized carbons (Fsp3) is 0.429. The van der Waals surface area contributed by atoms with Crippen molar-refractivity contribution in [2.75, 3.05) is 0 Å². The summed E-state index contributed by atoms with van der Waals surface area (Å²) in [6, 6.07) is 0. The van der Waals surface area contributed by atoms with Gasteiger partial charge in [0.1, 0.15) is 0 Å². The minimum atomic E-state index is 0.668. The third-order valence-corrected chi connectivity index (χ3v) is 4.87. The van der Waals surface area contributed by atoms with E-state index in [0.29, 0.717) is 23.7 Å². The molecule has 0 aromatic carbocycles. The van der Waals surface area contributed by atoms with Crippen LogP contribution in [0, 0.1) is 35.5 Å². The van der Waals surface area contributed by atoms with E-state index >= 15 is 0 Å². The minimum Gasteiger partial charge on any atom is -0.0986 e. The molecule has 4 rings (SSSR count). The van der Waals surface area contributed by atoms with Gasteiger partial charge in [0.05, 0.1) is 0 Å². The second kappa shape index (κ2) is 1.98. The van der Waals surface area contributed by atoms with Crippen LogP contribution in [0.15, 0.2) is 48.6 Å². The molecule has 0 amide bonds. The lowest BCUT2D eigenvalue weighted by Gasteiger charge is -2.14. The minimum absolute atomic E-state index is 0.668. The van der Waals surface area contributed by atoms with Crippen LogP contribution in [0.5, 0.6) is 0 Å². The lowest BCUT2D eigenvalue weighted by Crippen LogP contribution is -2.12. The molecular formula is C14H14. The molecule has 0 aromatic rings. The van der Waals surface area contributed by atoms with Gasteiger partial charge in [-0.05, 0) is 11.8 Å². The van der Waals surface area contributed by atoms with Crippen LogP contribution in [0.4, 0.5) is 0 Å². The number of allylic oxidation sites excluding steroid dienone is 6. The maximum absolute atomic E-state index is 4.29. The van der Waals surface area contributed by atoms with Gasteiger partial charge in [-0.25, -0.2) is 0 Å². The summed E-state index contributed by atoms with van der Waals surface area (Å²) >= 11 is 0. The van der Waals surface area contributed by atoms with E-state index in [2.05, 4.69) is 37.5 Å². The summed E-state index contributed by atoms with van der Waals surface area (Å²) in [5.41, 5.74) is 2.93. The summed E-state index contributed by atoms with van der Waals surface area (Å²) in [5.74, 6) is 4.31. The Balaban J connectivity index is 1.96. The average Bonchev–Trinajstić information content (AvgIpc) is 2.83. The highest BCUT2D eigenvalue weighted by molar-refractivity contribution is 5.45. The summed E-state index contributed by atoms with van der Waals surface area (Å²) in [5, 5.41) is 0. The van der Waals surface area contributed by atoms with Gasteiger partial charge in [-0.15, -0.1) is 0 Å². The van der Waals surface area contributed by atoms with E-state index in [4.69, 9.17) is 0 Å². The first-order valence-electron chi connectivity index (χ1n) is 5.53. The van der Waals surface area contributed by atoms with E-state index < -0.39 is 0 Å². The third kappa shape index (κ3) is 0.538. The second-order valence-corrected chi connectivity index (χ2v) is 5.18. The van der Waals surface area contributed by atoms with Gasteiger partial charge in [0.2, 0.25) is 0 Å². The molecule has 0 spiro atoms. The lowest BCUT2D eigenvalue weighted by atomic mass is 9.88. The highest BCUT2D eigenvalue weighted by Gasteiger charge is 2.59. The molecule has 0 bridgehead atoms. The second-order valence-electron chi connectivity index (χ2n) is 5.18. The van der Waals surface area contributed by atoms with Gasteiger partial charge in [-0.2, -0.15) is 0 Å². The Hall–Kier alpha value is -1.04. The zero-order valence-corrected chi connectivity index (χ0v) is 8.19. The summed E-state index contributed by atoms with van der Waals surface area (Å²) in [6.45, 7) is 8.57. The Labute approximate surface area is 84.7 Å². The number of rotatable bonds is 0. The lowest BCUT2D eigenvalue weighted by molar-refractivity contribution is 0.343. The van der Waals surface area contributed by atoms with Crippen molar-refractivity contribution in [3.8, 4) is 0 Å². The molecular weight excluding hydrogens is 168 g/mol. The summed E-state index contributed by atoms with van der Waals surface area (Å²) < 4.78 is 0. The quantitative estimate of drug-likeness (QED) is 0.505. The van der Waals surface area contributed by atoms with Crippen LogP contribution in [0.1, 0.15) is 0 Å². The monoisotopic (exact) mass is 182 g/mol. The highest BCUT2D eigenvalue weighted by Crippen LogP contribution is 2.66. The van der Waals surface area contributed by atoms with Crippen molar-refractivity contribution in [1.82, 2.24) is 0 Å². The molecule has 0 aliphatic heterocycles. The normalized spacial score (nSPS) is 56.3. The zero-order chi connectivity index (χ0) is 9.45. The van der Waals surface area contributed by atoms with Crippen LogP contribution in [0.3, 0.4) is 0 Å². The van der Waals surface area contributed by atoms with Gasteiger partial charge >= 0.3 is 0 Å². The molecule has 0 N–H and O–H groups in total. The molecule has 0 radical (unpaired) electrons. The van der Waals surface area contributed by atoms with Gasteiger partial charge in [-0.1, -0.05) is 48.6 Å². The zero-order valence-electron chi connectivity index (χ0n) is 8.19. The maximum Gasteiger partial charge on any atom is 0.00206 e.